The van der Waals surface area contributed by atoms with Gasteiger partial charge in [-0.1, -0.05) is 12.1 Å². The summed E-state index contributed by atoms with van der Waals surface area (Å²) in [5.74, 6) is 1.25. The van der Waals surface area contributed by atoms with Gasteiger partial charge in [-0.25, -0.2) is 14.6 Å². The van der Waals surface area contributed by atoms with Crippen LogP contribution in [-0.2, 0) is 0 Å². The van der Waals surface area contributed by atoms with Gasteiger partial charge in [0.05, 0.1) is 18.5 Å². The molecule has 7 nitrogen and oxygen atoms in total. The zero-order chi connectivity index (χ0) is 17.4. The van der Waals surface area contributed by atoms with Crippen molar-refractivity contribution in [3.8, 4) is 17.0 Å². The number of piperidine rings is 1. The molecule has 1 saturated heterocycles. The first-order valence-electron chi connectivity index (χ1n) is 8.49. The van der Waals surface area contributed by atoms with Crippen molar-refractivity contribution in [3.63, 3.8) is 0 Å². The largest absolute Gasteiger partial charge is 0.497 e. The number of fused-ring (bicyclic) bond motifs is 1. The van der Waals surface area contributed by atoms with E-state index in [1.165, 1.54) is 6.33 Å². The summed E-state index contributed by atoms with van der Waals surface area (Å²) >= 11 is 0. The molecule has 1 aliphatic rings. The molecule has 0 radical (unpaired) electrons. The number of nitrogen functional groups attached to an aromatic ring is 1. The van der Waals surface area contributed by atoms with Gasteiger partial charge in [-0.3, -0.25) is 0 Å². The van der Waals surface area contributed by atoms with Crippen molar-refractivity contribution in [2.45, 2.75) is 18.9 Å². The number of rotatable bonds is 3. The van der Waals surface area contributed by atoms with Gasteiger partial charge in [0.15, 0.2) is 5.65 Å². The summed E-state index contributed by atoms with van der Waals surface area (Å²) in [6.45, 7) is 2.11. The second-order valence-corrected chi connectivity index (χ2v) is 6.52. The fourth-order valence-corrected chi connectivity index (χ4v) is 3.46. The topological polar surface area (TPSA) is 82.1 Å². The third-order valence-electron chi connectivity index (χ3n) is 4.90. The Bertz CT molecular complexity index is 898. The van der Waals surface area contributed by atoms with Gasteiger partial charge in [-0.05, 0) is 45.1 Å². The molecule has 0 bridgehead atoms. The Hall–Kier alpha value is -2.67. The maximum absolute atomic E-state index is 6.19. The van der Waals surface area contributed by atoms with E-state index >= 15 is 0 Å². The summed E-state index contributed by atoms with van der Waals surface area (Å²) in [7, 11) is 3.81. The zero-order valence-electron chi connectivity index (χ0n) is 14.5. The average Bonchev–Trinajstić information content (AvgIpc) is 3.03. The van der Waals surface area contributed by atoms with Gasteiger partial charge in [-0.2, -0.15) is 5.10 Å². The molecular formula is C18H22N6O. The van der Waals surface area contributed by atoms with E-state index in [1.807, 2.05) is 28.9 Å². The number of anilines is 1. The molecule has 130 valence electrons. The Morgan fingerprint density at radius 2 is 2.00 bits per heavy atom. The molecule has 3 aromatic rings. The molecule has 1 aromatic carbocycles. The standard InChI is InChI=1S/C18H22N6O/c1-23-8-6-13(7-9-23)24-18-15(17(19)20-11-21-18)16(22-24)12-4-3-5-14(10-12)25-2/h3-5,10-11,13H,6-9H2,1-2H3,(H2,19,20,21). The van der Waals surface area contributed by atoms with Crippen molar-refractivity contribution in [1.29, 1.82) is 0 Å². The first kappa shape index (κ1) is 15.8. The van der Waals surface area contributed by atoms with Gasteiger partial charge < -0.3 is 15.4 Å². The number of hydrogen-bond acceptors (Lipinski definition) is 6. The van der Waals surface area contributed by atoms with Crippen molar-refractivity contribution in [3.05, 3.63) is 30.6 Å². The van der Waals surface area contributed by atoms with Crippen molar-refractivity contribution in [1.82, 2.24) is 24.6 Å². The number of methoxy groups -OCH3 is 1. The van der Waals surface area contributed by atoms with E-state index in [9.17, 15) is 0 Å². The maximum Gasteiger partial charge on any atom is 0.164 e. The summed E-state index contributed by atoms with van der Waals surface area (Å²) in [4.78, 5) is 11.0. The molecule has 2 N–H and O–H groups in total. The van der Waals surface area contributed by atoms with Crippen LogP contribution in [0.2, 0.25) is 0 Å². The fraction of sp³-hybridized carbons (Fsp3) is 0.389. The third-order valence-corrected chi connectivity index (χ3v) is 4.90. The Kier molecular flexibility index (Phi) is 4.01. The Labute approximate surface area is 146 Å². The third kappa shape index (κ3) is 2.80. The number of nitrogens with two attached hydrogens (primary N) is 1. The zero-order valence-corrected chi connectivity index (χ0v) is 14.5. The molecule has 0 saturated carbocycles. The predicted octanol–water partition coefficient (Wildman–Crippen LogP) is 2.35. The highest BCUT2D eigenvalue weighted by atomic mass is 16.5. The van der Waals surface area contributed by atoms with Crippen LogP contribution in [0.5, 0.6) is 5.75 Å². The van der Waals surface area contributed by atoms with Crippen molar-refractivity contribution in [2.75, 3.05) is 33.0 Å². The van der Waals surface area contributed by atoms with Gasteiger partial charge in [0, 0.05) is 5.56 Å². The van der Waals surface area contributed by atoms with Crippen LogP contribution in [0, 0.1) is 0 Å². The summed E-state index contributed by atoms with van der Waals surface area (Å²) in [5, 5.41) is 5.72. The van der Waals surface area contributed by atoms with Crippen molar-refractivity contribution in [2.24, 2.45) is 0 Å². The highest BCUT2D eigenvalue weighted by Gasteiger charge is 2.25. The van der Waals surface area contributed by atoms with Crippen molar-refractivity contribution >= 4 is 16.9 Å². The molecule has 2 aromatic heterocycles. The number of likely N-dealkylation sites (tertiary alicyclic amines) is 1. The maximum atomic E-state index is 6.19. The molecule has 0 aliphatic carbocycles. The van der Waals surface area contributed by atoms with Gasteiger partial charge in [-0.15, -0.1) is 0 Å². The second kappa shape index (κ2) is 6.33. The van der Waals surface area contributed by atoms with Crippen LogP contribution in [0.1, 0.15) is 18.9 Å². The molecule has 1 fully saturated rings. The van der Waals surface area contributed by atoms with E-state index in [0.29, 0.717) is 11.9 Å². The fourth-order valence-electron chi connectivity index (χ4n) is 3.46. The minimum Gasteiger partial charge on any atom is -0.497 e. The number of benzene rings is 1. The molecule has 1 aliphatic heterocycles. The highest BCUT2D eigenvalue weighted by Crippen LogP contribution is 2.34. The minimum absolute atomic E-state index is 0.326. The number of ether oxygens (including phenoxy) is 1. The summed E-state index contributed by atoms with van der Waals surface area (Å²) in [5.41, 5.74) is 8.76. The lowest BCUT2D eigenvalue weighted by Crippen LogP contribution is -2.31. The molecule has 25 heavy (non-hydrogen) atoms. The normalized spacial score (nSPS) is 16.4. The van der Waals surface area contributed by atoms with Gasteiger partial charge in [0.1, 0.15) is 23.6 Å². The quantitative estimate of drug-likeness (QED) is 0.789. The second-order valence-electron chi connectivity index (χ2n) is 6.52. The molecule has 0 spiro atoms. The van der Waals surface area contributed by atoms with Gasteiger partial charge in [0.25, 0.3) is 0 Å². The Morgan fingerprint density at radius 1 is 1.20 bits per heavy atom. The smallest absolute Gasteiger partial charge is 0.164 e. The summed E-state index contributed by atoms with van der Waals surface area (Å²) in [6.07, 6.45) is 3.61. The molecule has 3 heterocycles. The van der Waals surface area contributed by atoms with E-state index in [0.717, 1.165) is 54.0 Å². The minimum atomic E-state index is 0.326. The number of hydrogen-bond donors (Lipinski definition) is 1. The first-order chi connectivity index (χ1) is 12.2. The van der Waals surface area contributed by atoms with Gasteiger partial charge >= 0.3 is 0 Å². The monoisotopic (exact) mass is 338 g/mol. The number of nitrogens with zero attached hydrogens (tertiary/aromatic N) is 5. The van der Waals surface area contributed by atoms with E-state index in [4.69, 9.17) is 15.6 Å². The van der Waals surface area contributed by atoms with Crippen LogP contribution >= 0.6 is 0 Å². The predicted molar refractivity (Wildman–Crippen MR) is 97.5 cm³/mol. The number of aromatic nitrogens is 4. The Balaban J connectivity index is 1.87. The van der Waals surface area contributed by atoms with Crippen LogP contribution in [0.15, 0.2) is 30.6 Å². The lowest BCUT2D eigenvalue weighted by atomic mass is 10.1. The van der Waals surface area contributed by atoms with Crippen LogP contribution in [-0.4, -0.2) is 51.9 Å². The van der Waals surface area contributed by atoms with Crippen LogP contribution in [0.25, 0.3) is 22.3 Å². The first-order valence-corrected chi connectivity index (χ1v) is 8.49. The van der Waals surface area contributed by atoms with Gasteiger partial charge in [0.2, 0.25) is 0 Å². The van der Waals surface area contributed by atoms with Crippen LogP contribution in [0.4, 0.5) is 5.82 Å². The summed E-state index contributed by atoms with van der Waals surface area (Å²) in [6, 6.07) is 8.17. The molecular weight excluding hydrogens is 316 g/mol. The lowest BCUT2D eigenvalue weighted by molar-refractivity contribution is 0.215. The van der Waals surface area contributed by atoms with Crippen LogP contribution in [0.3, 0.4) is 0 Å². The summed E-state index contributed by atoms with van der Waals surface area (Å²) < 4.78 is 7.39. The van der Waals surface area contributed by atoms with E-state index < -0.39 is 0 Å². The van der Waals surface area contributed by atoms with Crippen molar-refractivity contribution < 1.29 is 4.74 Å². The molecule has 4 rings (SSSR count). The average molecular weight is 338 g/mol. The van der Waals surface area contributed by atoms with Crippen LogP contribution < -0.4 is 10.5 Å². The SMILES string of the molecule is COc1cccc(-c2nn(C3CCN(C)CC3)c3ncnc(N)c23)c1. The molecule has 0 amide bonds. The Morgan fingerprint density at radius 3 is 2.76 bits per heavy atom. The van der Waals surface area contributed by atoms with E-state index in [2.05, 4.69) is 21.9 Å². The van der Waals surface area contributed by atoms with E-state index in [1.54, 1.807) is 7.11 Å². The molecule has 0 atom stereocenters. The van der Waals surface area contributed by atoms with E-state index in [-0.39, 0.29) is 0 Å². The molecule has 0 unspecified atom stereocenters. The molecule has 7 heteroatoms. The highest BCUT2D eigenvalue weighted by molar-refractivity contribution is 5.98. The lowest BCUT2D eigenvalue weighted by Gasteiger charge is -2.29.